The summed E-state index contributed by atoms with van der Waals surface area (Å²) in [6.07, 6.45) is 7.80. The van der Waals surface area contributed by atoms with E-state index in [0.29, 0.717) is 54.7 Å². The molecule has 6 fully saturated rings. The van der Waals surface area contributed by atoms with Gasteiger partial charge in [0.15, 0.2) is 6.29 Å². The molecule has 6 aliphatic rings. The van der Waals surface area contributed by atoms with Crippen LogP contribution in [-0.2, 0) is 14.2 Å². The van der Waals surface area contributed by atoms with Crippen LogP contribution in [0.25, 0.3) is 0 Å². The average molecular weight is 638 g/mol. The normalized spacial score (nSPS) is 48.0. The monoisotopic (exact) mass is 637 g/mol. The second kappa shape index (κ2) is 11.6. The first-order chi connectivity index (χ1) is 21.0. The Labute approximate surface area is 271 Å². The van der Waals surface area contributed by atoms with E-state index in [1.807, 2.05) is 0 Å². The van der Waals surface area contributed by atoms with Crippen molar-refractivity contribution in [2.45, 2.75) is 143 Å². The molecule has 0 amide bonds. The maximum absolute atomic E-state index is 13.0. The lowest BCUT2D eigenvalue weighted by atomic mass is 9.41. The zero-order chi connectivity index (χ0) is 32.8. The molecule has 0 aromatic rings. The Morgan fingerprint density at radius 3 is 2.40 bits per heavy atom. The highest BCUT2D eigenvalue weighted by Gasteiger charge is 2.83. The molecule has 3 N–H and O–H groups in total. The first-order valence-electron chi connectivity index (χ1n) is 18.2. The van der Waals surface area contributed by atoms with Crippen molar-refractivity contribution in [3.63, 3.8) is 0 Å². The zero-order valence-electron chi connectivity index (χ0n) is 29.5. The van der Waals surface area contributed by atoms with Crippen molar-refractivity contribution >= 4 is 0 Å². The second-order valence-electron chi connectivity index (χ2n) is 18.1. The molecule has 1 aliphatic heterocycles. The fraction of sp³-hybridized carbons (Fsp3) is 1.00. The van der Waals surface area contributed by atoms with E-state index in [-0.39, 0.29) is 47.3 Å². The first-order valence-corrected chi connectivity index (χ1v) is 18.2. The predicted octanol–water partition coefficient (Wildman–Crippen LogP) is 5.58. The van der Waals surface area contributed by atoms with Crippen LogP contribution in [0, 0.1) is 50.7 Å². The number of aliphatic hydroxyl groups excluding tert-OH is 2. The maximum atomic E-state index is 13.0. The van der Waals surface area contributed by atoms with Crippen LogP contribution in [0.5, 0.6) is 0 Å². The van der Waals surface area contributed by atoms with Crippen molar-refractivity contribution in [3.8, 4) is 0 Å². The van der Waals surface area contributed by atoms with Gasteiger partial charge in [-0.25, -0.2) is 4.39 Å². The van der Waals surface area contributed by atoms with Crippen LogP contribution in [0.2, 0.25) is 0 Å². The van der Waals surface area contributed by atoms with Gasteiger partial charge in [0.05, 0.1) is 30.5 Å². The van der Waals surface area contributed by atoms with Crippen LogP contribution in [0.3, 0.4) is 0 Å². The largest absolute Gasteiger partial charge is 0.393 e. The molecule has 5 saturated carbocycles. The molecule has 45 heavy (non-hydrogen) atoms. The van der Waals surface area contributed by atoms with Crippen LogP contribution in [0.4, 0.5) is 4.39 Å². The minimum absolute atomic E-state index is 0.00990. The van der Waals surface area contributed by atoms with Crippen molar-refractivity contribution in [2.24, 2.45) is 50.7 Å². The van der Waals surface area contributed by atoms with Gasteiger partial charge in [-0.15, -0.1) is 0 Å². The number of hydrogen-bond acceptors (Lipinski definition) is 7. The number of morpholine rings is 1. The third kappa shape index (κ3) is 5.03. The fourth-order valence-electron chi connectivity index (χ4n) is 13.1. The quantitative estimate of drug-likeness (QED) is 0.288. The zero-order valence-corrected chi connectivity index (χ0v) is 29.5. The predicted molar refractivity (Wildman–Crippen MR) is 172 cm³/mol. The average Bonchev–Trinajstić information content (AvgIpc) is 3.59. The summed E-state index contributed by atoms with van der Waals surface area (Å²) in [5, 5.41) is 33.4. The van der Waals surface area contributed by atoms with E-state index in [4.69, 9.17) is 14.2 Å². The lowest BCUT2D eigenvalue weighted by molar-refractivity contribution is -0.249. The number of aliphatic hydroxyl groups is 3. The molecule has 9 unspecified atom stereocenters. The van der Waals surface area contributed by atoms with Crippen molar-refractivity contribution in [1.82, 2.24) is 4.90 Å². The molecular formula is C37H64FNO6. The highest BCUT2D eigenvalue weighted by Crippen LogP contribution is 2.89. The Hall–Kier alpha value is -0.350. The lowest BCUT2D eigenvalue weighted by Gasteiger charge is -2.64. The standard InChI is InChI=1S/C37H64FNO6/c1-23(19-25(43-8)31(41)33(4,5)42)24-20-28(40)35(7)27-10-9-26-32(2,3)29(45-30-21-39(16-15-38)17-18-44-30)11-12-36(26)22-37(27,36)14-13-34(24,35)6/h23-31,40-42H,9-22H2,1-8H3/t23-,24?,25?,26+,27?,28+,29?,30?,31?,34?,35-,36?,37?/m1/s1. The first kappa shape index (κ1) is 34.5. The van der Waals surface area contributed by atoms with E-state index in [2.05, 4.69) is 39.5 Å². The van der Waals surface area contributed by atoms with Gasteiger partial charge in [0.1, 0.15) is 12.8 Å². The number of hydrogen-bond donors (Lipinski definition) is 3. The van der Waals surface area contributed by atoms with Gasteiger partial charge in [-0.05, 0) is 117 Å². The topological polar surface area (TPSA) is 91.6 Å². The molecule has 260 valence electrons. The molecule has 2 spiro atoms. The van der Waals surface area contributed by atoms with Crippen molar-refractivity contribution in [2.75, 3.05) is 40.0 Å². The van der Waals surface area contributed by atoms with Gasteiger partial charge in [-0.3, -0.25) is 4.90 Å². The molecule has 0 radical (unpaired) electrons. The summed E-state index contributed by atoms with van der Waals surface area (Å²) in [5.41, 5.74) is -0.710. The Kier molecular flexibility index (Phi) is 8.91. The van der Waals surface area contributed by atoms with Gasteiger partial charge in [-0.1, -0.05) is 34.6 Å². The number of halogens is 1. The lowest BCUT2D eigenvalue weighted by Crippen LogP contribution is -2.60. The van der Waals surface area contributed by atoms with Crippen LogP contribution in [-0.4, -0.2) is 96.6 Å². The SMILES string of the molecule is COC(C[C@@H](C)C1C[C@H](O)[C@@]2(C)C3CC[C@H]4C(C)(C)C(OC5CN(CCF)CCO5)CCC45CC35CCC12C)C(O)C(C)(C)O. The smallest absolute Gasteiger partial charge is 0.170 e. The number of nitrogens with zero attached hydrogens (tertiary/aromatic N) is 1. The molecule has 0 bridgehead atoms. The van der Waals surface area contributed by atoms with Crippen LogP contribution in [0.1, 0.15) is 106 Å². The summed E-state index contributed by atoms with van der Waals surface area (Å²) < 4.78 is 31.6. The summed E-state index contributed by atoms with van der Waals surface area (Å²) in [5.74, 6) is 1.69. The van der Waals surface area contributed by atoms with E-state index in [0.717, 1.165) is 32.2 Å². The van der Waals surface area contributed by atoms with Crippen molar-refractivity contribution < 1.29 is 33.9 Å². The maximum Gasteiger partial charge on any atom is 0.170 e. The molecule has 5 aliphatic carbocycles. The molecule has 0 aromatic carbocycles. The minimum Gasteiger partial charge on any atom is -0.393 e. The molecule has 13 atom stereocenters. The van der Waals surface area contributed by atoms with E-state index in [1.54, 1.807) is 21.0 Å². The van der Waals surface area contributed by atoms with Gasteiger partial charge < -0.3 is 29.5 Å². The summed E-state index contributed by atoms with van der Waals surface area (Å²) in [6.45, 7) is 17.5. The third-order valence-corrected chi connectivity index (χ3v) is 15.7. The van der Waals surface area contributed by atoms with E-state index < -0.39 is 17.8 Å². The Morgan fingerprint density at radius 2 is 1.73 bits per heavy atom. The van der Waals surface area contributed by atoms with E-state index >= 15 is 0 Å². The highest BCUT2D eigenvalue weighted by molar-refractivity contribution is 5.31. The summed E-state index contributed by atoms with van der Waals surface area (Å²) in [4.78, 5) is 2.12. The molecule has 1 saturated heterocycles. The second-order valence-corrected chi connectivity index (χ2v) is 18.1. The third-order valence-electron chi connectivity index (χ3n) is 15.7. The molecule has 0 aromatic heterocycles. The molecule has 6 rings (SSSR count). The van der Waals surface area contributed by atoms with Crippen LogP contribution < -0.4 is 0 Å². The summed E-state index contributed by atoms with van der Waals surface area (Å²) in [6, 6.07) is 0. The van der Waals surface area contributed by atoms with Crippen molar-refractivity contribution in [1.29, 1.82) is 0 Å². The molecule has 1 heterocycles. The Bertz CT molecular complexity index is 1080. The molecule has 7 nitrogen and oxygen atoms in total. The van der Waals surface area contributed by atoms with Gasteiger partial charge in [-0.2, -0.15) is 0 Å². The number of fused-ring (bicyclic) bond motifs is 2. The van der Waals surface area contributed by atoms with Crippen LogP contribution in [0.15, 0.2) is 0 Å². The van der Waals surface area contributed by atoms with Gasteiger partial charge in [0.25, 0.3) is 0 Å². The van der Waals surface area contributed by atoms with Crippen molar-refractivity contribution in [3.05, 3.63) is 0 Å². The Balaban J connectivity index is 1.19. The van der Waals surface area contributed by atoms with Gasteiger partial charge in [0.2, 0.25) is 0 Å². The van der Waals surface area contributed by atoms with E-state index in [9.17, 15) is 19.7 Å². The number of alkyl halides is 1. The fourth-order valence-corrected chi connectivity index (χ4v) is 13.1. The Morgan fingerprint density at radius 1 is 1.04 bits per heavy atom. The summed E-state index contributed by atoms with van der Waals surface area (Å²) >= 11 is 0. The van der Waals surface area contributed by atoms with Crippen LogP contribution >= 0.6 is 0 Å². The number of rotatable bonds is 10. The number of methoxy groups -OCH3 is 1. The van der Waals surface area contributed by atoms with E-state index in [1.165, 1.54) is 25.7 Å². The molecule has 8 heteroatoms. The van der Waals surface area contributed by atoms with Gasteiger partial charge in [0, 0.05) is 32.2 Å². The minimum atomic E-state index is -1.24. The molecular weight excluding hydrogens is 573 g/mol. The highest BCUT2D eigenvalue weighted by atomic mass is 19.1. The van der Waals surface area contributed by atoms with Gasteiger partial charge >= 0.3 is 0 Å². The summed E-state index contributed by atoms with van der Waals surface area (Å²) in [7, 11) is 1.63. The number of ether oxygens (including phenoxy) is 3.